The van der Waals surface area contributed by atoms with E-state index in [9.17, 15) is 24.3 Å². The van der Waals surface area contributed by atoms with Gasteiger partial charge in [0.15, 0.2) is 28.6 Å². The predicted molar refractivity (Wildman–Crippen MR) is 118 cm³/mol. The van der Waals surface area contributed by atoms with Crippen LogP contribution in [0.25, 0.3) is 0 Å². The van der Waals surface area contributed by atoms with Crippen LogP contribution in [0.3, 0.4) is 0 Å². The Bertz CT molecular complexity index is 1000. The Balaban J connectivity index is 1.89. The number of hydrogen-bond donors (Lipinski definition) is 1. The Hall–Kier alpha value is -1.86. The van der Waals surface area contributed by atoms with Gasteiger partial charge in [-0.15, -0.1) is 11.6 Å². The van der Waals surface area contributed by atoms with Crippen molar-refractivity contribution in [3.63, 3.8) is 0 Å². The van der Waals surface area contributed by atoms with Crippen LogP contribution in [0.5, 0.6) is 0 Å². The molecule has 8 heteroatoms. The number of aliphatic hydroxyl groups excluding tert-OH is 1. The Morgan fingerprint density at radius 3 is 2.55 bits per heavy atom. The van der Waals surface area contributed by atoms with Gasteiger partial charge in [-0.25, -0.2) is 4.39 Å². The minimum Gasteiger partial charge on any atom is -0.450 e. The summed E-state index contributed by atoms with van der Waals surface area (Å²) in [6.45, 7) is 6.69. The number of fused-ring (bicyclic) bond motifs is 5. The van der Waals surface area contributed by atoms with Crippen LogP contribution in [0.15, 0.2) is 23.8 Å². The Morgan fingerprint density at radius 1 is 1.27 bits per heavy atom. The van der Waals surface area contributed by atoms with Crippen LogP contribution in [0, 0.1) is 28.6 Å². The summed E-state index contributed by atoms with van der Waals surface area (Å²) in [5, 5.41) is 11.4. The number of allylic oxidation sites excluding steroid dienone is 4. The largest absolute Gasteiger partial charge is 0.450 e. The normalized spacial score (nSPS) is 46.2. The number of carbonyl (C=O) groups excluding carboxylic acids is 4. The number of hydrogen-bond acceptors (Lipinski definition) is 6. The van der Waals surface area contributed by atoms with Crippen LogP contribution in [0.1, 0.15) is 53.4 Å². The lowest BCUT2D eigenvalue weighted by atomic mass is 9.44. The maximum absolute atomic E-state index is 17.2. The lowest BCUT2D eigenvalue weighted by Crippen LogP contribution is -2.71. The first-order valence-corrected chi connectivity index (χ1v) is 12.0. The van der Waals surface area contributed by atoms with E-state index in [-0.39, 0.29) is 42.3 Å². The maximum Gasteiger partial charge on any atom is 0.306 e. The Kier molecular flexibility index (Phi) is 5.57. The van der Waals surface area contributed by atoms with Crippen molar-refractivity contribution in [2.45, 2.75) is 70.8 Å². The van der Waals surface area contributed by atoms with E-state index in [2.05, 4.69) is 0 Å². The van der Waals surface area contributed by atoms with Gasteiger partial charge >= 0.3 is 5.97 Å². The van der Waals surface area contributed by atoms with Gasteiger partial charge in [0.25, 0.3) is 0 Å². The van der Waals surface area contributed by atoms with Crippen molar-refractivity contribution in [2.75, 3.05) is 5.88 Å². The van der Waals surface area contributed by atoms with Crippen molar-refractivity contribution in [3.05, 3.63) is 23.8 Å². The average Bonchev–Trinajstić information content (AvgIpc) is 2.98. The van der Waals surface area contributed by atoms with Gasteiger partial charge in [0.05, 0.1) is 17.4 Å². The highest BCUT2D eigenvalue weighted by Crippen LogP contribution is 2.71. The summed E-state index contributed by atoms with van der Waals surface area (Å²) >= 11 is 5.98. The lowest BCUT2D eigenvalue weighted by Gasteiger charge is -2.62. The van der Waals surface area contributed by atoms with E-state index in [4.69, 9.17) is 16.3 Å². The van der Waals surface area contributed by atoms with Gasteiger partial charge in [-0.3, -0.25) is 19.2 Å². The summed E-state index contributed by atoms with van der Waals surface area (Å²) in [7, 11) is 0. The van der Waals surface area contributed by atoms with Gasteiger partial charge in [0.1, 0.15) is 0 Å². The number of ketones is 3. The molecule has 0 saturated heterocycles. The Morgan fingerprint density at radius 2 is 1.94 bits per heavy atom. The summed E-state index contributed by atoms with van der Waals surface area (Å²) in [5.74, 6) is -4.09. The second-order valence-electron chi connectivity index (χ2n) is 10.5. The molecule has 0 aromatic carbocycles. The minimum absolute atomic E-state index is 0.0490. The number of rotatable bonds is 4. The molecule has 3 fully saturated rings. The molecule has 0 spiro atoms. The van der Waals surface area contributed by atoms with Gasteiger partial charge in [0.2, 0.25) is 0 Å². The van der Waals surface area contributed by atoms with E-state index in [0.29, 0.717) is 6.42 Å². The highest BCUT2D eigenvalue weighted by molar-refractivity contribution is 6.29. The van der Waals surface area contributed by atoms with E-state index in [1.54, 1.807) is 27.7 Å². The SMILES string of the molecule is CCC(=O)O[C@]1(C(=O)CCl)[C@@H](C)C[C@H]2[C@@H]3CC(=O)C4=CC(=O)C=C[C@]4(C)[C@@]3(F)[C@@H](O)C[C@@]21C. The van der Waals surface area contributed by atoms with Crippen LogP contribution in [0.4, 0.5) is 4.39 Å². The van der Waals surface area contributed by atoms with E-state index in [1.165, 1.54) is 18.2 Å². The maximum atomic E-state index is 17.2. The van der Waals surface area contributed by atoms with Gasteiger partial charge in [-0.1, -0.05) is 26.8 Å². The number of aliphatic hydroxyl groups is 1. The van der Waals surface area contributed by atoms with Crippen molar-refractivity contribution >= 4 is 34.9 Å². The molecule has 0 radical (unpaired) electrons. The van der Waals surface area contributed by atoms with Crippen molar-refractivity contribution in [3.8, 4) is 0 Å². The van der Waals surface area contributed by atoms with Crippen molar-refractivity contribution in [1.29, 1.82) is 0 Å². The van der Waals surface area contributed by atoms with Gasteiger partial charge in [-0.05, 0) is 37.8 Å². The molecule has 0 aliphatic heterocycles. The highest BCUT2D eigenvalue weighted by Gasteiger charge is 2.77. The van der Waals surface area contributed by atoms with Crippen LogP contribution < -0.4 is 0 Å². The summed E-state index contributed by atoms with van der Waals surface area (Å²) < 4.78 is 23.1. The average molecular weight is 481 g/mol. The van der Waals surface area contributed by atoms with Gasteiger partial charge in [0, 0.05) is 35.7 Å². The second kappa shape index (κ2) is 7.57. The summed E-state index contributed by atoms with van der Waals surface area (Å²) in [6, 6.07) is 0. The fraction of sp³-hybridized carbons (Fsp3) is 0.680. The number of ether oxygens (including phenoxy) is 1. The van der Waals surface area contributed by atoms with Crippen LogP contribution >= 0.6 is 11.6 Å². The summed E-state index contributed by atoms with van der Waals surface area (Å²) in [4.78, 5) is 50.8. The molecule has 4 rings (SSSR count). The number of esters is 1. The second-order valence-corrected chi connectivity index (χ2v) is 10.8. The molecule has 0 amide bonds. The third-order valence-electron chi connectivity index (χ3n) is 9.12. The van der Waals surface area contributed by atoms with Crippen molar-refractivity contribution in [1.82, 2.24) is 0 Å². The molecule has 0 bridgehead atoms. The van der Waals surface area contributed by atoms with Gasteiger partial charge in [-0.2, -0.15) is 0 Å². The molecule has 180 valence electrons. The first-order chi connectivity index (χ1) is 15.3. The molecular weight excluding hydrogens is 451 g/mol. The van der Waals surface area contributed by atoms with Crippen LogP contribution in [-0.4, -0.2) is 51.7 Å². The molecule has 3 saturated carbocycles. The van der Waals surface area contributed by atoms with Crippen LogP contribution in [0.2, 0.25) is 0 Å². The molecule has 0 aromatic rings. The quantitative estimate of drug-likeness (QED) is 0.490. The van der Waals surface area contributed by atoms with E-state index in [0.717, 1.165) is 0 Å². The lowest BCUT2D eigenvalue weighted by molar-refractivity contribution is -0.225. The Labute approximate surface area is 197 Å². The standard InChI is InChI=1S/C25H30ClFO6/c1-5-21(32)33-25(20(31)12-26)13(2)8-15-16-10-18(29)17-9-14(28)6-7-22(17,3)24(16,27)19(30)11-23(15,25)4/h6-7,9,13,15-16,19,30H,5,8,10-12H2,1-4H3/t13-,15-,16-,19-,22-,23-,24-,25-/m0/s1. The third-order valence-corrected chi connectivity index (χ3v) is 9.37. The van der Waals surface area contributed by atoms with E-state index in [1.807, 2.05) is 0 Å². The molecule has 8 atom stereocenters. The molecule has 0 unspecified atom stereocenters. The molecule has 33 heavy (non-hydrogen) atoms. The summed E-state index contributed by atoms with van der Waals surface area (Å²) in [6.07, 6.45) is 2.29. The van der Waals surface area contributed by atoms with E-state index < -0.39 is 57.7 Å². The number of alkyl halides is 2. The molecule has 1 N–H and O–H groups in total. The number of carbonyl (C=O) groups is 4. The minimum atomic E-state index is -2.23. The smallest absolute Gasteiger partial charge is 0.306 e. The fourth-order valence-electron chi connectivity index (χ4n) is 7.58. The first kappa shape index (κ1) is 24.3. The molecule has 6 nitrogen and oxygen atoms in total. The number of Topliss-reactive ketones (excluding diaryl/α,β-unsaturated/α-hetero) is 2. The molecule has 4 aliphatic rings. The van der Waals surface area contributed by atoms with Crippen LogP contribution in [-0.2, 0) is 23.9 Å². The van der Waals surface area contributed by atoms with Crippen molar-refractivity contribution < 1.29 is 33.4 Å². The summed E-state index contributed by atoms with van der Waals surface area (Å²) in [5.41, 5.74) is -6.37. The van der Waals surface area contributed by atoms with Crippen molar-refractivity contribution in [2.24, 2.45) is 28.6 Å². The molecular formula is C25H30ClFO6. The number of halogens is 2. The fourth-order valence-corrected chi connectivity index (χ4v) is 7.78. The van der Waals surface area contributed by atoms with Gasteiger partial charge < -0.3 is 9.84 Å². The monoisotopic (exact) mass is 480 g/mol. The zero-order valence-electron chi connectivity index (χ0n) is 19.3. The predicted octanol–water partition coefficient (Wildman–Crippen LogP) is 3.28. The van der Waals surface area contributed by atoms with E-state index >= 15 is 4.39 Å². The zero-order chi connectivity index (χ0) is 24.6. The molecule has 0 aromatic heterocycles. The first-order valence-electron chi connectivity index (χ1n) is 11.5. The molecule has 4 aliphatic carbocycles. The topological polar surface area (TPSA) is 97.7 Å². The highest BCUT2D eigenvalue weighted by atomic mass is 35.5. The zero-order valence-corrected chi connectivity index (χ0v) is 20.1. The molecule has 0 heterocycles. The third kappa shape index (κ3) is 2.81.